The number of halogens is 1. The minimum absolute atomic E-state index is 0.138. The van der Waals surface area contributed by atoms with E-state index in [1.807, 2.05) is 62.4 Å². The van der Waals surface area contributed by atoms with Gasteiger partial charge in [0.2, 0.25) is 0 Å². The van der Waals surface area contributed by atoms with Gasteiger partial charge in [-0.3, -0.25) is 4.79 Å². The fourth-order valence-electron chi connectivity index (χ4n) is 2.50. The van der Waals surface area contributed by atoms with Crippen LogP contribution in [-0.4, -0.2) is 10.9 Å². The summed E-state index contributed by atoms with van der Waals surface area (Å²) in [4.78, 5) is 15.6. The van der Waals surface area contributed by atoms with Crippen molar-refractivity contribution < 1.29 is 4.79 Å². The van der Waals surface area contributed by atoms with Gasteiger partial charge in [0.05, 0.1) is 5.54 Å². The molecule has 0 radical (unpaired) electrons. The minimum Gasteiger partial charge on any atom is -0.351 e. The lowest BCUT2D eigenvalue weighted by molar-refractivity contribution is 0.0908. The van der Waals surface area contributed by atoms with Crippen LogP contribution in [0.25, 0.3) is 10.9 Å². The van der Waals surface area contributed by atoms with Crippen molar-refractivity contribution in [3.05, 3.63) is 70.9 Å². The summed E-state index contributed by atoms with van der Waals surface area (Å²) < 4.78 is 0. The molecule has 4 heteroatoms. The Labute approximate surface area is 134 Å². The number of benzene rings is 2. The molecule has 3 nitrogen and oxygen atoms in total. The number of carbonyl (C=O) groups is 1. The summed E-state index contributed by atoms with van der Waals surface area (Å²) in [5.41, 5.74) is 2.03. The quantitative estimate of drug-likeness (QED) is 0.735. The third-order valence-electron chi connectivity index (χ3n) is 3.75. The smallest absolute Gasteiger partial charge is 0.268 e. The van der Waals surface area contributed by atoms with Gasteiger partial charge in [0.15, 0.2) is 0 Å². The molecule has 1 amide bonds. The number of amides is 1. The molecule has 1 aromatic heterocycles. The lowest BCUT2D eigenvalue weighted by Crippen LogP contribution is -2.41. The van der Waals surface area contributed by atoms with Crippen LogP contribution in [-0.2, 0) is 5.54 Å². The molecule has 0 saturated heterocycles. The number of hydrogen-bond donors (Lipinski definition) is 2. The van der Waals surface area contributed by atoms with Crippen molar-refractivity contribution in [1.82, 2.24) is 10.3 Å². The zero-order valence-electron chi connectivity index (χ0n) is 12.5. The molecule has 3 rings (SSSR count). The van der Waals surface area contributed by atoms with Crippen LogP contribution in [0.2, 0.25) is 5.02 Å². The summed E-state index contributed by atoms with van der Waals surface area (Å²) in [5.74, 6) is -0.138. The van der Waals surface area contributed by atoms with E-state index in [-0.39, 0.29) is 5.91 Å². The van der Waals surface area contributed by atoms with Gasteiger partial charge in [-0.2, -0.15) is 0 Å². The molecule has 2 aromatic carbocycles. The van der Waals surface area contributed by atoms with Crippen LogP contribution < -0.4 is 5.32 Å². The van der Waals surface area contributed by atoms with Crippen LogP contribution >= 0.6 is 11.6 Å². The van der Waals surface area contributed by atoms with Crippen molar-refractivity contribution in [2.45, 2.75) is 19.4 Å². The third kappa shape index (κ3) is 2.85. The van der Waals surface area contributed by atoms with Gasteiger partial charge in [-0.15, -0.1) is 0 Å². The van der Waals surface area contributed by atoms with Crippen molar-refractivity contribution in [3.8, 4) is 0 Å². The highest BCUT2D eigenvalue weighted by molar-refractivity contribution is 6.31. The van der Waals surface area contributed by atoms with Crippen LogP contribution in [0.15, 0.2) is 54.6 Å². The normalized spacial score (nSPS) is 11.6. The van der Waals surface area contributed by atoms with Gasteiger partial charge in [-0.05, 0) is 43.7 Å². The summed E-state index contributed by atoms with van der Waals surface area (Å²) >= 11 is 5.98. The van der Waals surface area contributed by atoms with E-state index in [0.29, 0.717) is 10.7 Å². The molecule has 112 valence electrons. The first-order valence-corrected chi connectivity index (χ1v) is 7.50. The van der Waals surface area contributed by atoms with Gasteiger partial charge >= 0.3 is 0 Å². The first-order valence-electron chi connectivity index (χ1n) is 7.12. The molecular weight excluding hydrogens is 296 g/mol. The average molecular weight is 313 g/mol. The Balaban J connectivity index is 1.86. The fourth-order valence-corrected chi connectivity index (χ4v) is 2.68. The van der Waals surface area contributed by atoms with E-state index in [1.165, 1.54) is 0 Å². The Kier molecular flexibility index (Phi) is 3.67. The van der Waals surface area contributed by atoms with E-state index in [0.717, 1.165) is 16.5 Å². The van der Waals surface area contributed by atoms with E-state index in [4.69, 9.17) is 11.6 Å². The zero-order chi connectivity index (χ0) is 15.7. The SMILES string of the molecule is CC(C)(NC(=O)c1cc2cc(Cl)ccc2[nH]1)c1ccccc1. The highest BCUT2D eigenvalue weighted by Gasteiger charge is 2.23. The maximum Gasteiger partial charge on any atom is 0.268 e. The van der Waals surface area contributed by atoms with Crippen LogP contribution in [0.3, 0.4) is 0 Å². The second kappa shape index (κ2) is 5.50. The highest BCUT2D eigenvalue weighted by atomic mass is 35.5. The molecular formula is C18H17ClN2O. The van der Waals surface area contributed by atoms with Crippen LogP contribution in [0.5, 0.6) is 0 Å². The monoisotopic (exact) mass is 312 g/mol. The molecule has 0 saturated carbocycles. The highest BCUT2D eigenvalue weighted by Crippen LogP contribution is 2.23. The van der Waals surface area contributed by atoms with Crippen LogP contribution in [0.1, 0.15) is 29.9 Å². The molecule has 0 fully saturated rings. The Morgan fingerprint density at radius 1 is 1.09 bits per heavy atom. The predicted octanol–water partition coefficient (Wildman–Crippen LogP) is 4.49. The standard InChI is InChI=1S/C18H17ClN2O/c1-18(2,13-6-4-3-5-7-13)21-17(22)16-11-12-10-14(19)8-9-15(12)20-16/h3-11,20H,1-2H3,(H,21,22). The van der Waals surface area contributed by atoms with Gasteiger partial charge in [0, 0.05) is 15.9 Å². The molecule has 0 aliphatic carbocycles. The molecule has 3 aromatic rings. The zero-order valence-corrected chi connectivity index (χ0v) is 13.2. The number of aromatic amines is 1. The van der Waals surface area contributed by atoms with Crippen molar-refractivity contribution in [2.75, 3.05) is 0 Å². The first-order chi connectivity index (χ1) is 10.5. The second-order valence-corrected chi connectivity index (χ2v) is 6.30. The van der Waals surface area contributed by atoms with Gasteiger partial charge in [0.1, 0.15) is 5.69 Å². The summed E-state index contributed by atoms with van der Waals surface area (Å²) in [6, 6.07) is 17.2. The molecule has 0 aliphatic heterocycles. The molecule has 22 heavy (non-hydrogen) atoms. The number of nitrogens with one attached hydrogen (secondary N) is 2. The Hall–Kier alpha value is -2.26. The molecule has 0 atom stereocenters. The van der Waals surface area contributed by atoms with Gasteiger partial charge in [-0.25, -0.2) is 0 Å². The molecule has 1 heterocycles. The van der Waals surface area contributed by atoms with Gasteiger partial charge < -0.3 is 10.3 Å². The minimum atomic E-state index is -0.451. The van der Waals surface area contributed by atoms with Gasteiger partial charge in [-0.1, -0.05) is 41.9 Å². The second-order valence-electron chi connectivity index (χ2n) is 5.86. The topological polar surface area (TPSA) is 44.9 Å². The predicted molar refractivity (Wildman–Crippen MR) is 90.2 cm³/mol. The lowest BCUT2D eigenvalue weighted by atomic mass is 9.94. The summed E-state index contributed by atoms with van der Waals surface area (Å²) in [5, 5.41) is 4.64. The number of rotatable bonds is 3. The number of H-pyrrole nitrogens is 1. The maximum absolute atomic E-state index is 12.5. The van der Waals surface area contributed by atoms with Crippen molar-refractivity contribution in [1.29, 1.82) is 0 Å². The Morgan fingerprint density at radius 3 is 2.55 bits per heavy atom. The Morgan fingerprint density at radius 2 is 1.82 bits per heavy atom. The average Bonchev–Trinajstić information content (AvgIpc) is 2.91. The molecule has 0 unspecified atom stereocenters. The largest absolute Gasteiger partial charge is 0.351 e. The van der Waals surface area contributed by atoms with E-state index in [2.05, 4.69) is 10.3 Å². The summed E-state index contributed by atoms with van der Waals surface area (Å²) in [7, 11) is 0. The summed E-state index contributed by atoms with van der Waals surface area (Å²) in [6.07, 6.45) is 0. The van der Waals surface area contributed by atoms with E-state index in [1.54, 1.807) is 6.07 Å². The van der Waals surface area contributed by atoms with Gasteiger partial charge in [0.25, 0.3) is 5.91 Å². The first kappa shape index (κ1) is 14.7. The van der Waals surface area contributed by atoms with E-state index in [9.17, 15) is 4.79 Å². The molecule has 0 spiro atoms. The third-order valence-corrected chi connectivity index (χ3v) is 3.98. The number of aromatic nitrogens is 1. The van der Waals surface area contributed by atoms with Crippen molar-refractivity contribution >= 4 is 28.4 Å². The number of carbonyl (C=O) groups excluding carboxylic acids is 1. The number of hydrogen-bond acceptors (Lipinski definition) is 1. The van der Waals surface area contributed by atoms with Crippen molar-refractivity contribution in [2.24, 2.45) is 0 Å². The fraction of sp³-hybridized carbons (Fsp3) is 0.167. The maximum atomic E-state index is 12.5. The molecule has 2 N–H and O–H groups in total. The lowest BCUT2D eigenvalue weighted by Gasteiger charge is -2.26. The molecule has 0 bridgehead atoms. The number of fused-ring (bicyclic) bond motifs is 1. The van der Waals surface area contributed by atoms with E-state index >= 15 is 0 Å². The van der Waals surface area contributed by atoms with Crippen molar-refractivity contribution in [3.63, 3.8) is 0 Å². The van der Waals surface area contributed by atoms with Crippen LogP contribution in [0, 0.1) is 0 Å². The summed E-state index contributed by atoms with van der Waals surface area (Å²) in [6.45, 7) is 3.97. The van der Waals surface area contributed by atoms with E-state index < -0.39 is 5.54 Å². The molecule has 0 aliphatic rings. The van der Waals surface area contributed by atoms with Crippen LogP contribution in [0.4, 0.5) is 0 Å². The Bertz CT molecular complexity index is 821.